The maximum Gasteiger partial charge on any atom is 0.0483 e. The minimum atomic E-state index is 0.642. The summed E-state index contributed by atoms with van der Waals surface area (Å²) < 4.78 is 2.52. The van der Waals surface area contributed by atoms with Crippen LogP contribution in [-0.4, -0.2) is 46.6 Å². The van der Waals surface area contributed by atoms with Crippen LogP contribution in [-0.2, 0) is 19.5 Å². The summed E-state index contributed by atoms with van der Waals surface area (Å²) in [5.41, 5.74) is 4.38. The van der Waals surface area contributed by atoms with Gasteiger partial charge in [-0.25, -0.2) is 0 Å². The molecule has 5 rings (SSSR count). The number of fused-ring (bicyclic) bond motifs is 3. The van der Waals surface area contributed by atoms with Gasteiger partial charge >= 0.3 is 0 Å². The van der Waals surface area contributed by atoms with Gasteiger partial charge in [-0.1, -0.05) is 48.5 Å². The maximum atomic E-state index is 2.73. The van der Waals surface area contributed by atoms with Crippen LogP contribution in [0.15, 0.2) is 60.7 Å². The van der Waals surface area contributed by atoms with E-state index in [0.29, 0.717) is 6.04 Å². The third kappa shape index (κ3) is 4.12. The van der Waals surface area contributed by atoms with Gasteiger partial charge in [0.2, 0.25) is 0 Å². The highest BCUT2D eigenvalue weighted by Crippen LogP contribution is 2.26. The SMILES string of the molecule is CC(CN1CCn2c(cc3ccccc32)C1)N1CCC(Cc2ccccc2)CC1. The molecule has 29 heavy (non-hydrogen) atoms. The highest BCUT2D eigenvalue weighted by atomic mass is 15.3. The molecule has 0 saturated carbocycles. The first-order chi connectivity index (χ1) is 14.3. The lowest BCUT2D eigenvalue weighted by Gasteiger charge is -2.39. The van der Waals surface area contributed by atoms with Crippen LogP contribution in [0, 0.1) is 5.92 Å². The molecule has 3 heterocycles. The fraction of sp³-hybridized carbons (Fsp3) is 0.462. The third-order valence-electron chi connectivity index (χ3n) is 7.08. The zero-order valence-corrected chi connectivity index (χ0v) is 17.6. The number of hydrogen-bond acceptors (Lipinski definition) is 2. The normalized spacial score (nSPS) is 20.0. The Kier molecular flexibility index (Phi) is 5.43. The molecule has 1 aromatic heterocycles. The molecule has 1 fully saturated rings. The number of likely N-dealkylation sites (tertiary alicyclic amines) is 1. The molecule has 0 amide bonds. The number of hydrogen-bond donors (Lipinski definition) is 0. The largest absolute Gasteiger partial charge is 0.342 e. The first kappa shape index (κ1) is 18.9. The molecule has 3 heteroatoms. The second-order valence-electron chi connectivity index (χ2n) is 9.10. The lowest BCUT2D eigenvalue weighted by molar-refractivity contribution is 0.0979. The Hall–Kier alpha value is -2.10. The van der Waals surface area contributed by atoms with Crippen molar-refractivity contribution < 1.29 is 0 Å². The maximum absolute atomic E-state index is 2.73. The predicted molar refractivity (Wildman–Crippen MR) is 121 cm³/mol. The topological polar surface area (TPSA) is 11.4 Å². The highest BCUT2D eigenvalue weighted by molar-refractivity contribution is 5.81. The smallest absolute Gasteiger partial charge is 0.0483 e. The number of nitrogens with zero attached hydrogens (tertiary/aromatic N) is 3. The second-order valence-corrected chi connectivity index (χ2v) is 9.10. The van der Waals surface area contributed by atoms with Gasteiger partial charge in [-0.15, -0.1) is 0 Å². The molecule has 3 aromatic rings. The number of benzene rings is 2. The van der Waals surface area contributed by atoms with Gasteiger partial charge in [0, 0.05) is 43.4 Å². The molecule has 2 aliphatic heterocycles. The molecule has 152 valence electrons. The van der Waals surface area contributed by atoms with Gasteiger partial charge in [-0.05, 0) is 68.3 Å². The van der Waals surface area contributed by atoms with E-state index in [1.54, 1.807) is 0 Å². The number of aromatic nitrogens is 1. The molecule has 0 radical (unpaired) electrons. The van der Waals surface area contributed by atoms with Crippen molar-refractivity contribution >= 4 is 10.9 Å². The summed E-state index contributed by atoms with van der Waals surface area (Å²) >= 11 is 0. The Balaban J connectivity index is 1.14. The quantitative estimate of drug-likeness (QED) is 0.623. The van der Waals surface area contributed by atoms with Crippen molar-refractivity contribution in [2.24, 2.45) is 5.92 Å². The van der Waals surface area contributed by atoms with Crippen molar-refractivity contribution in [1.82, 2.24) is 14.4 Å². The number of piperidine rings is 1. The van der Waals surface area contributed by atoms with E-state index < -0.39 is 0 Å². The van der Waals surface area contributed by atoms with E-state index in [0.717, 1.165) is 19.0 Å². The van der Waals surface area contributed by atoms with Gasteiger partial charge in [0.1, 0.15) is 0 Å². The molecule has 0 spiro atoms. The van der Waals surface area contributed by atoms with Crippen molar-refractivity contribution in [2.75, 3.05) is 26.2 Å². The molecule has 2 aromatic carbocycles. The van der Waals surface area contributed by atoms with Crippen molar-refractivity contribution in [3.8, 4) is 0 Å². The van der Waals surface area contributed by atoms with Gasteiger partial charge in [0.15, 0.2) is 0 Å². The number of para-hydroxylation sites is 1. The Bertz CT molecular complexity index is 937. The van der Waals surface area contributed by atoms with Gasteiger partial charge in [0.05, 0.1) is 0 Å². The fourth-order valence-corrected chi connectivity index (χ4v) is 5.40. The highest BCUT2D eigenvalue weighted by Gasteiger charge is 2.26. The van der Waals surface area contributed by atoms with Crippen LogP contribution < -0.4 is 0 Å². The van der Waals surface area contributed by atoms with Crippen LogP contribution in [0.3, 0.4) is 0 Å². The first-order valence-corrected chi connectivity index (χ1v) is 11.3. The second kappa shape index (κ2) is 8.33. The molecule has 0 aliphatic carbocycles. The van der Waals surface area contributed by atoms with Crippen LogP contribution in [0.5, 0.6) is 0 Å². The van der Waals surface area contributed by atoms with E-state index >= 15 is 0 Å². The fourth-order valence-electron chi connectivity index (χ4n) is 5.40. The molecule has 1 atom stereocenters. The van der Waals surface area contributed by atoms with Crippen LogP contribution in [0.2, 0.25) is 0 Å². The molecule has 0 bridgehead atoms. The minimum Gasteiger partial charge on any atom is -0.342 e. The van der Waals surface area contributed by atoms with E-state index in [9.17, 15) is 0 Å². The predicted octanol–water partition coefficient (Wildman–Crippen LogP) is 4.80. The summed E-state index contributed by atoms with van der Waals surface area (Å²) in [6.45, 7) is 9.50. The lowest BCUT2D eigenvalue weighted by Crippen LogP contribution is -2.47. The average Bonchev–Trinajstić information content (AvgIpc) is 3.13. The molecule has 1 saturated heterocycles. The van der Waals surface area contributed by atoms with Crippen LogP contribution in [0.25, 0.3) is 10.9 Å². The first-order valence-electron chi connectivity index (χ1n) is 11.3. The monoisotopic (exact) mass is 387 g/mol. The zero-order valence-electron chi connectivity index (χ0n) is 17.6. The average molecular weight is 388 g/mol. The van der Waals surface area contributed by atoms with E-state index in [2.05, 4.69) is 82.0 Å². The standard InChI is InChI=1S/C26H33N3/c1-21(28-13-11-23(12-14-28)17-22-7-3-2-4-8-22)19-27-15-16-29-25(20-27)18-24-9-5-6-10-26(24)29/h2-10,18,21,23H,11-17,19-20H2,1H3. The Morgan fingerprint density at radius 1 is 0.897 bits per heavy atom. The molecule has 1 unspecified atom stereocenters. The Morgan fingerprint density at radius 3 is 2.48 bits per heavy atom. The van der Waals surface area contributed by atoms with Gasteiger partial charge < -0.3 is 4.57 Å². The number of rotatable bonds is 5. The molecular formula is C26H33N3. The van der Waals surface area contributed by atoms with Gasteiger partial charge in [0.25, 0.3) is 0 Å². The lowest BCUT2D eigenvalue weighted by atomic mass is 9.89. The van der Waals surface area contributed by atoms with Crippen molar-refractivity contribution in [3.63, 3.8) is 0 Å². The van der Waals surface area contributed by atoms with E-state index in [1.807, 2.05) is 0 Å². The van der Waals surface area contributed by atoms with Crippen molar-refractivity contribution in [1.29, 1.82) is 0 Å². The molecular weight excluding hydrogens is 354 g/mol. The Labute approximate surface area is 174 Å². The van der Waals surface area contributed by atoms with E-state index in [4.69, 9.17) is 0 Å². The summed E-state index contributed by atoms with van der Waals surface area (Å²) in [5, 5.41) is 1.39. The molecule has 2 aliphatic rings. The summed E-state index contributed by atoms with van der Waals surface area (Å²) in [6, 6.07) is 22.9. The van der Waals surface area contributed by atoms with Gasteiger partial charge in [-0.3, -0.25) is 9.80 Å². The summed E-state index contributed by atoms with van der Waals surface area (Å²) in [4.78, 5) is 5.39. The molecule has 3 nitrogen and oxygen atoms in total. The van der Waals surface area contributed by atoms with Crippen molar-refractivity contribution in [2.45, 2.75) is 45.3 Å². The van der Waals surface area contributed by atoms with Crippen molar-refractivity contribution in [3.05, 3.63) is 71.9 Å². The Morgan fingerprint density at radius 2 is 1.66 bits per heavy atom. The third-order valence-corrected chi connectivity index (χ3v) is 7.08. The van der Waals surface area contributed by atoms with E-state index in [-0.39, 0.29) is 0 Å². The summed E-state index contributed by atoms with van der Waals surface area (Å²) in [5.74, 6) is 0.853. The minimum absolute atomic E-state index is 0.642. The summed E-state index contributed by atoms with van der Waals surface area (Å²) in [7, 11) is 0. The van der Waals surface area contributed by atoms with E-state index in [1.165, 1.54) is 67.6 Å². The zero-order chi connectivity index (χ0) is 19.6. The van der Waals surface area contributed by atoms with Crippen LogP contribution in [0.4, 0.5) is 0 Å². The van der Waals surface area contributed by atoms with Gasteiger partial charge in [-0.2, -0.15) is 0 Å². The van der Waals surface area contributed by atoms with Crippen LogP contribution >= 0.6 is 0 Å². The molecule has 0 N–H and O–H groups in total. The van der Waals surface area contributed by atoms with Crippen LogP contribution in [0.1, 0.15) is 31.0 Å². The summed E-state index contributed by atoms with van der Waals surface area (Å²) in [6.07, 6.45) is 3.93.